The highest BCUT2D eigenvalue weighted by Crippen LogP contribution is 2.70. The molecule has 0 aliphatic heterocycles. The summed E-state index contributed by atoms with van der Waals surface area (Å²) in [6.07, 6.45) is 11.6. The summed E-state index contributed by atoms with van der Waals surface area (Å²) in [4.78, 5) is 18.7. The minimum atomic E-state index is -0.620. The second-order valence-electron chi connectivity index (χ2n) is 12.3. The van der Waals surface area contributed by atoms with E-state index in [1.807, 2.05) is 6.07 Å². The van der Waals surface area contributed by atoms with Gasteiger partial charge in [-0.1, -0.05) is 13.8 Å². The SMILES string of the molecule is CN(C)CC/N=C1\CC[C@@]2(C)C(CCC3C2CC[C@]2(C)[C@@H](c4ccc(=O)oc4)CC[C@]32O)C1. The Balaban J connectivity index is 1.36. The molecule has 1 heterocycles. The maximum absolute atomic E-state index is 12.4. The zero-order chi connectivity index (χ0) is 23.4. The first-order valence-corrected chi connectivity index (χ1v) is 13.2. The van der Waals surface area contributed by atoms with Crippen molar-refractivity contribution in [2.75, 3.05) is 27.2 Å². The van der Waals surface area contributed by atoms with Crippen LogP contribution in [0.25, 0.3) is 0 Å². The first-order chi connectivity index (χ1) is 15.7. The van der Waals surface area contributed by atoms with Gasteiger partial charge in [0.25, 0.3) is 0 Å². The standard InChI is InChI=1S/C28H42N2O3/c1-26-12-9-21(29-15-16-30(3)4)17-20(26)6-7-24-23(26)10-13-27(2)22(11-14-28(24,27)32)19-5-8-25(31)33-18-19/h5,8,18,20,22-24,32H,6-7,9-17H2,1-4H3/b29-21+/t20?,22-,23?,24?,26+,27-,28+/m1/s1. The van der Waals surface area contributed by atoms with Crippen LogP contribution >= 0.6 is 0 Å². The van der Waals surface area contributed by atoms with Crippen LogP contribution in [0, 0.1) is 28.6 Å². The molecule has 0 aromatic carbocycles. The van der Waals surface area contributed by atoms with Gasteiger partial charge in [-0.2, -0.15) is 0 Å². The fourth-order valence-electron chi connectivity index (χ4n) is 8.68. The van der Waals surface area contributed by atoms with Crippen LogP contribution < -0.4 is 5.63 Å². The predicted octanol–water partition coefficient (Wildman–Crippen LogP) is 4.88. The summed E-state index contributed by atoms with van der Waals surface area (Å²) in [5.41, 5.74) is 1.77. The highest BCUT2D eigenvalue weighted by molar-refractivity contribution is 5.85. The van der Waals surface area contributed by atoms with Crippen LogP contribution in [0.4, 0.5) is 0 Å². The van der Waals surface area contributed by atoms with Crippen molar-refractivity contribution in [3.8, 4) is 0 Å². The molecule has 0 spiro atoms. The molecule has 182 valence electrons. The van der Waals surface area contributed by atoms with Gasteiger partial charge in [-0.15, -0.1) is 0 Å². The lowest BCUT2D eigenvalue weighted by Gasteiger charge is -2.63. The summed E-state index contributed by atoms with van der Waals surface area (Å²) >= 11 is 0. The van der Waals surface area contributed by atoms with Crippen molar-refractivity contribution >= 4 is 5.71 Å². The first-order valence-electron chi connectivity index (χ1n) is 13.2. The van der Waals surface area contributed by atoms with E-state index in [1.54, 1.807) is 6.26 Å². The fraction of sp³-hybridized carbons (Fsp3) is 0.786. The maximum Gasteiger partial charge on any atom is 0.335 e. The Bertz CT molecular complexity index is 950. The predicted molar refractivity (Wildman–Crippen MR) is 132 cm³/mol. The number of aliphatic imine (C=N–C) groups is 1. The van der Waals surface area contributed by atoms with E-state index in [1.165, 1.54) is 31.0 Å². The molecule has 0 bridgehead atoms. The van der Waals surface area contributed by atoms with Crippen LogP contribution in [-0.4, -0.2) is 48.5 Å². The molecule has 4 saturated carbocycles. The molecule has 33 heavy (non-hydrogen) atoms. The van der Waals surface area contributed by atoms with Crippen molar-refractivity contribution in [1.29, 1.82) is 0 Å². The molecule has 1 aromatic rings. The third-order valence-corrected chi connectivity index (χ3v) is 10.7. The van der Waals surface area contributed by atoms with E-state index in [0.29, 0.717) is 23.2 Å². The van der Waals surface area contributed by atoms with E-state index in [9.17, 15) is 9.90 Å². The molecule has 4 aliphatic carbocycles. The van der Waals surface area contributed by atoms with Gasteiger partial charge in [-0.05, 0) is 113 Å². The molecule has 4 fully saturated rings. The van der Waals surface area contributed by atoms with Crippen molar-refractivity contribution in [2.24, 2.45) is 33.6 Å². The second-order valence-corrected chi connectivity index (χ2v) is 12.3. The van der Waals surface area contributed by atoms with E-state index >= 15 is 0 Å². The minimum absolute atomic E-state index is 0.148. The number of likely N-dealkylation sites (N-methyl/N-ethyl adjacent to an activating group) is 1. The Morgan fingerprint density at radius 1 is 1.09 bits per heavy atom. The maximum atomic E-state index is 12.4. The van der Waals surface area contributed by atoms with Gasteiger partial charge in [-0.3, -0.25) is 4.99 Å². The van der Waals surface area contributed by atoms with E-state index in [2.05, 4.69) is 32.8 Å². The van der Waals surface area contributed by atoms with E-state index in [-0.39, 0.29) is 17.0 Å². The van der Waals surface area contributed by atoms with Crippen LogP contribution in [0.3, 0.4) is 0 Å². The Hall–Kier alpha value is -1.46. The van der Waals surface area contributed by atoms with Crippen LogP contribution in [0.2, 0.25) is 0 Å². The van der Waals surface area contributed by atoms with Gasteiger partial charge in [0.15, 0.2) is 0 Å². The summed E-state index contributed by atoms with van der Waals surface area (Å²) in [7, 11) is 4.23. The summed E-state index contributed by atoms with van der Waals surface area (Å²) in [5.74, 6) is 1.95. The lowest BCUT2D eigenvalue weighted by molar-refractivity contribution is -0.197. The van der Waals surface area contributed by atoms with Crippen molar-refractivity contribution in [3.05, 3.63) is 34.4 Å². The minimum Gasteiger partial charge on any atom is -0.431 e. The van der Waals surface area contributed by atoms with Gasteiger partial charge in [-0.25, -0.2) is 4.79 Å². The number of fused-ring (bicyclic) bond motifs is 5. The zero-order valence-electron chi connectivity index (χ0n) is 21.0. The van der Waals surface area contributed by atoms with E-state index < -0.39 is 5.60 Å². The highest BCUT2D eigenvalue weighted by Gasteiger charge is 2.67. The first kappa shape index (κ1) is 23.3. The third kappa shape index (κ3) is 3.65. The van der Waals surface area contributed by atoms with Crippen molar-refractivity contribution in [1.82, 2.24) is 4.90 Å². The smallest absolute Gasteiger partial charge is 0.335 e. The Morgan fingerprint density at radius 2 is 1.91 bits per heavy atom. The molecule has 0 amide bonds. The van der Waals surface area contributed by atoms with Crippen LogP contribution in [0.15, 0.2) is 32.6 Å². The monoisotopic (exact) mass is 454 g/mol. The number of aliphatic hydroxyl groups is 1. The molecule has 0 saturated heterocycles. The lowest BCUT2D eigenvalue weighted by atomic mass is 9.43. The molecule has 0 radical (unpaired) electrons. The molecule has 3 unspecified atom stereocenters. The van der Waals surface area contributed by atoms with Crippen molar-refractivity contribution in [3.63, 3.8) is 0 Å². The topological polar surface area (TPSA) is 66.0 Å². The van der Waals surface area contributed by atoms with E-state index in [0.717, 1.165) is 57.2 Å². The molecular weight excluding hydrogens is 412 g/mol. The van der Waals surface area contributed by atoms with Gasteiger partial charge in [0.2, 0.25) is 0 Å². The summed E-state index contributed by atoms with van der Waals surface area (Å²) < 4.78 is 5.22. The average Bonchev–Trinajstić information content (AvgIpc) is 3.05. The Morgan fingerprint density at radius 3 is 2.64 bits per heavy atom. The molecule has 1 aromatic heterocycles. The largest absolute Gasteiger partial charge is 0.431 e. The zero-order valence-corrected chi connectivity index (χ0v) is 21.0. The van der Waals surface area contributed by atoms with Gasteiger partial charge in [0.1, 0.15) is 0 Å². The Kier molecular flexibility index (Phi) is 5.88. The molecule has 7 atom stereocenters. The average molecular weight is 455 g/mol. The van der Waals surface area contributed by atoms with Crippen molar-refractivity contribution in [2.45, 2.75) is 83.2 Å². The molecule has 1 N–H and O–H groups in total. The van der Waals surface area contributed by atoms with Gasteiger partial charge < -0.3 is 14.4 Å². The van der Waals surface area contributed by atoms with Crippen LogP contribution in [0.1, 0.15) is 83.1 Å². The van der Waals surface area contributed by atoms with Gasteiger partial charge in [0.05, 0.1) is 18.4 Å². The normalized spacial score (nSPS) is 43.9. The third-order valence-electron chi connectivity index (χ3n) is 10.7. The van der Waals surface area contributed by atoms with Crippen molar-refractivity contribution < 1.29 is 9.52 Å². The number of nitrogens with zero attached hydrogens (tertiary/aromatic N) is 2. The summed E-state index contributed by atoms with van der Waals surface area (Å²) in [6.45, 7) is 6.79. The number of rotatable bonds is 4. The van der Waals surface area contributed by atoms with Gasteiger partial charge >= 0.3 is 5.63 Å². The lowest BCUT2D eigenvalue weighted by Crippen LogP contribution is -2.61. The van der Waals surface area contributed by atoms with Gasteiger partial charge in [0, 0.05) is 23.7 Å². The second kappa shape index (κ2) is 8.34. The molecular formula is C28H42N2O3. The molecule has 5 heteroatoms. The molecule has 5 rings (SSSR count). The number of hydrogen-bond donors (Lipinski definition) is 1. The number of hydrogen-bond acceptors (Lipinski definition) is 5. The Labute approximate surface area is 198 Å². The summed E-state index contributed by atoms with van der Waals surface area (Å²) in [5, 5.41) is 12.4. The van der Waals surface area contributed by atoms with Crippen LogP contribution in [-0.2, 0) is 0 Å². The fourth-order valence-corrected chi connectivity index (χ4v) is 8.68. The molecule has 5 nitrogen and oxygen atoms in total. The summed E-state index contributed by atoms with van der Waals surface area (Å²) in [6, 6.07) is 3.46. The highest BCUT2D eigenvalue weighted by atomic mass is 16.4. The quantitative estimate of drug-likeness (QED) is 0.704. The van der Waals surface area contributed by atoms with E-state index in [4.69, 9.17) is 9.41 Å². The van der Waals surface area contributed by atoms with Crippen LogP contribution in [0.5, 0.6) is 0 Å². The molecule has 4 aliphatic rings.